The third-order valence-electron chi connectivity index (χ3n) is 7.53. The van der Waals surface area contributed by atoms with Crippen LogP contribution >= 0.6 is 0 Å². The van der Waals surface area contributed by atoms with Crippen molar-refractivity contribution in [1.29, 1.82) is 0 Å². The van der Waals surface area contributed by atoms with Gasteiger partial charge in [0.25, 0.3) is 5.91 Å². The highest BCUT2D eigenvalue weighted by Crippen LogP contribution is 2.65. The SMILES string of the molecule is O=C(Nc1ccccc1C(F)(F)F)c1ccc(N2C(=O)[C@@H]3[C@H]4C=C[C@@H]([C@@H]5C[C@@H]45)[C@H]3C2=O)cc1. The van der Waals surface area contributed by atoms with Crippen molar-refractivity contribution in [2.45, 2.75) is 12.6 Å². The quantitative estimate of drug-likeness (QED) is 0.550. The molecule has 4 aliphatic carbocycles. The van der Waals surface area contributed by atoms with Gasteiger partial charge < -0.3 is 5.32 Å². The van der Waals surface area contributed by atoms with E-state index in [0.29, 0.717) is 17.5 Å². The molecule has 1 N–H and O–H groups in total. The van der Waals surface area contributed by atoms with Crippen LogP contribution in [0.1, 0.15) is 22.3 Å². The number of hydrogen-bond donors (Lipinski definition) is 1. The summed E-state index contributed by atoms with van der Waals surface area (Å²) in [6, 6.07) is 10.5. The number of alkyl halides is 3. The number of benzene rings is 2. The Labute approximate surface area is 187 Å². The molecule has 6 atom stereocenters. The summed E-state index contributed by atoms with van der Waals surface area (Å²) in [6.07, 6.45) is 0.675. The van der Waals surface area contributed by atoms with Crippen molar-refractivity contribution in [2.24, 2.45) is 35.5 Å². The van der Waals surface area contributed by atoms with Crippen molar-refractivity contribution in [2.75, 3.05) is 10.2 Å². The number of rotatable bonds is 3. The summed E-state index contributed by atoms with van der Waals surface area (Å²) in [6.45, 7) is 0. The van der Waals surface area contributed by atoms with Gasteiger partial charge in [-0.05, 0) is 66.5 Å². The van der Waals surface area contributed by atoms with E-state index in [9.17, 15) is 27.6 Å². The minimum Gasteiger partial charge on any atom is -0.321 e. The maximum atomic E-state index is 13.2. The number of allylic oxidation sites excluding steroid dienone is 2. The van der Waals surface area contributed by atoms with Gasteiger partial charge in [-0.15, -0.1) is 0 Å². The number of hydrogen-bond acceptors (Lipinski definition) is 3. The van der Waals surface area contributed by atoms with Crippen molar-refractivity contribution < 1.29 is 27.6 Å². The zero-order chi connectivity index (χ0) is 23.1. The van der Waals surface area contributed by atoms with Crippen LogP contribution < -0.4 is 10.2 Å². The Morgan fingerprint density at radius 1 is 0.879 bits per heavy atom. The lowest BCUT2D eigenvalue weighted by Crippen LogP contribution is -2.40. The molecule has 2 bridgehead atoms. The Morgan fingerprint density at radius 3 is 2.03 bits per heavy atom. The molecule has 7 rings (SSSR count). The molecule has 5 aliphatic rings. The van der Waals surface area contributed by atoms with Gasteiger partial charge in [0.05, 0.1) is 28.8 Å². The van der Waals surface area contributed by atoms with E-state index >= 15 is 0 Å². The summed E-state index contributed by atoms with van der Waals surface area (Å²) >= 11 is 0. The lowest BCUT2D eigenvalue weighted by atomic mass is 9.63. The molecule has 3 fully saturated rings. The molecule has 0 aromatic heterocycles. The van der Waals surface area contributed by atoms with Gasteiger partial charge in [0, 0.05) is 5.56 Å². The third kappa shape index (κ3) is 2.96. The third-order valence-corrected chi connectivity index (χ3v) is 7.53. The monoisotopic (exact) mass is 452 g/mol. The minimum absolute atomic E-state index is 0.116. The first-order valence-electron chi connectivity index (χ1n) is 10.9. The fraction of sp³-hybridized carbons (Fsp3) is 0.320. The first kappa shape index (κ1) is 20.2. The van der Waals surface area contributed by atoms with Crippen LogP contribution in [-0.2, 0) is 15.8 Å². The van der Waals surface area contributed by atoms with Crippen molar-refractivity contribution in [1.82, 2.24) is 0 Å². The van der Waals surface area contributed by atoms with E-state index in [1.807, 2.05) is 0 Å². The molecule has 0 radical (unpaired) electrons. The van der Waals surface area contributed by atoms with Crippen LogP contribution in [0.4, 0.5) is 24.5 Å². The molecule has 2 aromatic rings. The van der Waals surface area contributed by atoms with Crippen LogP contribution in [0.3, 0.4) is 0 Å². The molecule has 1 saturated heterocycles. The molecule has 1 heterocycles. The van der Waals surface area contributed by atoms with Crippen molar-refractivity contribution in [3.8, 4) is 0 Å². The van der Waals surface area contributed by atoms with Gasteiger partial charge >= 0.3 is 6.18 Å². The molecule has 0 unspecified atom stereocenters. The van der Waals surface area contributed by atoms with Crippen LogP contribution in [0.5, 0.6) is 0 Å². The topological polar surface area (TPSA) is 66.5 Å². The fourth-order valence-corrected chi connectivity index (χ4v) is 6.01. The van der Waals surface area contributed by atoms with Crippen LogP contribution in [-0.4, -0.2) is 17.7 Å². The van der Waals surface area contributed by atoms with Gasteiger partial charge in [0.1, 0.15) is 0 Å². The van der Waals surface area contributed by atoms with E-state index < -0.39 is 17.6 Å². The molecule has 33 heavy (non-hydrogen) atoms. The highest BCUT2D eigenvalue weighted by molar-refractivity contribution is 6.22. The number of amides is 3. The van der Waals surface area contributed by atoms with E-state index in [0.717, 1.165) is 12.5 Å². The van der Waals surface area contributed by atoms with Gasteiger partial charge in [-0.3, -0.25) is 19.3 Å². The number of imide groups is 1. The second-order valence-electron chi connectivity index (χ2n) is 9.21. The summed E-state index contributed by atoms with van der Waals surface area (Å²) in [5.74, 6) is -0.524. The molecule has 3 amide bonds. The molecule has 168 valence electrons. The van der Waals surface area contributed by atoms with Crippen molar-refractivity contribution in [3.05, 3.63) is 71.8 Å². The molecular weight excluding hydrogens is 433 g/mol. The van der Waals surface area contributed by atoms with Crippen molar-refractivity contribution >= 4 is 29.1 Å². The summed E-state index contributed by atoms with van der Waals surface area (Å²) in [5.41, 5.74) is -0.781. The number of nitrogens with one attached hydrogen (secondary N) is 1. The van der Waals surface area contributed by atoms with Crippen LogP contribution in [0, 0.1) is 35.5 Å². The van der Waals surface area contributed by atoms with Crippen LogP contribution in [0.25, 0.3) is 0 Å². The number of carbonyl (C=O) groups excluding carboxylic acids is 3. The van der Waals surface area contributed by atoms with E-state index in [4.69, 9.17) is 0 Å². The minimum atomic E-state index is -4.60. The lowest BCUT2D eigenvalue weighted by Gasteiger charge is -2.37. The van der Waals surface area contributed by atoms with Crippen LogP contribution in [0.2, 0.25) is 0 Å². The predicted octanol–water partition coefficient (Wildman–Crippen LogP) is 4.52. The number of carbonyl (C=O) groups is 3. The maximum Gasteiger partial charge on any atom is 0.418 e. The second kappa shape index (κ2) is 6.79. The normalized spacial score (nSPS) is 31.4. The van der Waals surface area contributed by atoms with Gasteiger partial charge in [-0.1, -0.05) is 24.3 Å². The van der Waals surface area contributed by atoms with E-state index in [1.165, 1.54) is 47.4 Å². The summed E-state index contributed by atoms with van der Waals surface area (Å²) in [4.78, 5) is 40.1. The predicted molar refractivity (Wildman–Crippen MR) is 113 cm³/mol. The molecule has 1 aliphatic heterocycles. The molecule has 2 saturated carbocycles. The molecule has 5 nitrogen and oxygen atoms in total. The number of halogens is 3. The summed E-state index contributed by atoms with van der Waals surface area (Å²) in [5, 5.41) is 2.30. The highest BCUT2D eigenvalue weighted by Gasteiger charge is 2.67. The van der Waals surface area contributed by atoms with Gasteiger partial charge in [0.15, 0.2) is 0 Å². The standard InChI is InChI=1S/C25H19F3N2O3/c26-25(27,28)18-3-1-2-4-19(18)29-22(31)12-5-7-13(8-6-12)30-23(32)20-14-9-10-15(17-11-16(14)17)21(20)24(30)33/h1-10,14-17,20-21H,11H2,(H,29,31)/t14-,15-,16-,17-,20+,21+/m0/s1. The zero-order valence-electron chi connectivity index (χ0n) is 17.3. The molecule has 2 aromatic carbocycles. The Morgan fingerprint density at radius 2 is 1.45 bits per heavy atom. The smallest absolute Gasteiger partial charge is 0.321 e. The maximum absolute atomic E-state index is 13.2. The second-order valence-corrected chi connectivity index (χ2v) is 9.21. The average Bonchev–Trinajstić information content (AvgIpc) is 3.57. The van der Waals surface area contributed by atoms with Crippen molar-refractivity contribution in [3.63, 3.8) is 0 Å². The first-order chi connectivity index (χ1) is 15.8. The van der Waals surface area contributed by atoms with E-state index in [2.05, 4.69) is 17.5 Å². The fourth-order valence-electron chi connectivity index (χ4n) is 6.01. The number of para-hydroxylation sites is 1. The largest absolute Gasteiger partial charge is 0.418 e. The van der Waals surface area contributed by atoms with Crippen LogP contribution in [0.15, 0.2) is 60.7 Å². The van der Waals surface area contributed by atoms with Gasteiger partial charge in [-0.25, -0.2) is 0 Å². The lowest BCUT2D eigenvalue weighted by molar-refractivity contribution is -0.137. The Kier molecular flexibility index (Phi) is 4.16. The molecular formula is C25H19F3N2O3. The van der Waals surface area contributed by atoms with E-state index in [1.54, 1.807) is 0 Å². The highest BCUT2D eigenvalue weighted by atomic mass is 19.4. The molecule has 0 spiro atoms. The zero-order valence-corrected chi connectivity index (χ0v) is 17.3. The average molecular weight is 452 g/mol. The Hall–Kier alpha value is -3.42. The summed E-state index contributed by atoms with van der Waals surface area (Å²) in [7, 11) is 0. The first-order valence-corrected chi connectivity index (χ1v) is 10.9. The van der Waals surface area contributed by atoms with E-state index in [-0.39, 0.29) is 46.7 Å². The van der Waals surface area contributed by atoms with Gasteiger partial charge in [-0.2, -0.15) is 13.2 Å². The summed E-state index contributed by atoms with van der Waals surface area (Å²) < 4.78 is 39.6. The Balaban J connectivity index is 1.23. The number of nitrogens with zero attached hydrogens (tertiary/aromatic N) is 1. The molecule has 8 heteroatoms. The van der Waals surface area contributed by atoms with Gasteiger partial charge in [0.2, 0.25) is 11.8 Å². The Bertz CT molecular complexity index is 1180. The number of anilines is 2.